The molecule has 4 nitrogen and oxygen atoms in total. The number of carbonyl (C=O) groups is 2. The van der Waals surface area contributed by atoms with Crippen LogP contribution in [0.2, 0.25) is 0 Å². The predicted molar refractivity (Wildman–Crippen MR) is 90.9 cm³/mol. The second-order valence-corrected chi connectivity index (χ2v) is 7.68. The fourth-order valence-electron chi connectivity index (χ4n) is 4.74. The molecule has 1 heterocycles. The predicted octanol–water partition coefficient (Wildman–Crippen LogP) is 3.25. The van der Waals surface area contributed by atoms with Gasteiger partial charge in [-0.15, -0.1) is 0 Å². The van der Waals surface area contributed by atoms with Crippen LogP contribution in [-0.2, 0) is 9.59 Å². The van der Waals surface area contributed by atoms with Crippen molar-refractivity contribution in [1.29, 1.82) is 0 Å². The van der Waals surface area contributed by atoms with Gasteiger partial charge in [-0.3, -0.25) is 9.59 Å². The number of nitrogens with zero attached hydrogens (tertiary/aromatic N) is 1. The summed E-state index contributed by atoms with van der Waals surface area (Å²) in [5.41, 5.74) is 0. The Balaban J connectivity index is 1.78. The van der Waals surface area contributed by atoms with Gasteiger partial charge in [0.05, 0.1) is 5.92 Å². The molecule has 0 bridgehead atoms. The van der Waals surface area contributed by atoms with Crippen molar-refractivity contribution < 1.29 is 9.59 Å². The van der Waals surface area contributed by atoms with Crippen molar-refractivity contribution in [3.05, 3.63) is 0 Å². The number of hydrogen-bond donors (Lipinski definition) is 1. The first-order valence-corrected chi connectivity index (χ1v) is 9.85. The van der Waals surface area contributed by atoms with Crippen LogP contribution in [0.4, 0.5) is 0 Å². The van der Waals surface area contributed by atoms with Gasteiger partial charge in [0, 0.05) is 25.0 Å². The quantitative estimate of drug-likeness (QED) is 0.806. The van der Waals surface area contributed by atoms with Crippen molar-refractivity contribution in [2.45, 2.75) is 83.1 Å². The highest BCUT2D eigenvalue weighted by atomic mass is 16.2. The Labute approximate surface area is 140 Å². The molecule has 3 rings (SSSR count). The van der Waals surface area contributed by atoms with E-state index in [4.69, 9.17) is 0 Å². The Kier molecular flexibility index (Phi) is 5.96. The summed E-state index contributed by atoms with van der Waals surface area (Å²) in [5.74, 6) is 0.797. The molecule has 3 aliphatic rings. The average Bonchev–Trinajstić information content (AvgIpc) is 3.10. The first kappa shape index (κ1) is 16.8. The second kappa shape index (κ2) is 8.16. The summed E-state index contributed by atoms with van der Waals surface area (Å²) in [5, 5.41) is 3.13. The molecule has 1 aliphatic heterocycles. The Morgan fingerprint density at radius 2 is 1.57 bits per heavy atom. The van der Waals surface area contributed by atoms with Crippen LogP contribution in [0.25, 0.3) is 0 Å². The molecular formula is C19H32N2O2. The monoisotopic (exact) mass is 320 g/mol. The Morgan fingerprint density at radius 3 is 2.39 bits per heavy atom. The first-order valence-electron chi connectivity index (χ1n) is 9.85. The van der Waals surface area contributed by atoms with E-state index in [1.165, 1.54) is 19.3 Å². The smallest absolute Gasteiger partial charge is 0.225 e. The standard InChI is InChI=1S/C19H32N2O2/c22-18-16-11-5-6-12-17(16)21(14-8-2-1-7-13-20-18)19(23)15-9-3-4-10-15/h15-17H,1-14H2,(H,20,22)/t16-,17+/m1/s1. The van der Waals surface area contributed by atoms with Gasteiger partial charge in [-0.25, -0.2) is 0 Å². The average molecular weight is 320 g/mol. The SMILES string of the molecule is O=C1NCCCCCCN(C(=O)C2CCCC2)[C@H]2CCCC[C@@H]12. The number of fused-ring (bicyclic) bond motifs is 1. The molecule has 0 aromatic heterocycles. The molecule has 1 saturated heterocycles. The van der Waals surface area contributed by atoms with Crippen molar-refractivity contribution in [2.75, 3.05) is 13.1 Å². The number of rotatable bonds is 1. The highest BCUT2D eigenvalue weighted by molar-refractivity contribution is 5.83. The van der Waals surface area contributed by atoms with Crippen LogP contribution in [0.5, 0.6) is 0 Å². The molecule has 0 radical (unpaired) electrons. The Hall–Kier alpha value is -1.06. The van der Waals surface area contributed by atoms with Gasteiger partial charge in [0.1, 0.15) is 0 Å². The van der Waals surface area contributed by atoms with E-state index in [1.807, 2.05) is 0 Å². The molecule has 2 amide bonds. The van der Waals surface area contributed by atoms with E-state index >= 15 is 0 Å². The lowest BCUT2D eigenvalue weighted by atomic mass is 9.82. The van der Waals surface area contributed by atoms with Crippen molar-refractivity contribution in [3.8, 4) is 0 Å². The van der Waals surface area contributed by atoms with E-state index in [0.29, 0.717) is 5.91 Å². The van der Waals surface area contributed by atoms with Crippen LogP contribution >= 0.6 is 0 Å². The van der Waals surface area contributed by atoms with E-state index in [0.717, 1.165) is 70.9 Å². The Morgan fingerprint density at radius 1 is 0.870 bits per heavy atom. The highest BCUT2D eigenvalue weighted by Gasteiger charge is 2.39. The number of amides is 2. The lowest BCUT2D eigenvalue weighted by molar-refractivity contribution is -0.142. The molecule has 0 aromatic rings. The van der Waals surface area contributed by atoms with Gasteiger partial charge in [0.25, 0.3) is 0 Å². The third-order valence-electron chi connectivity index (χ3n) is 6.08. The lowest BCUT2D eigenvalue weighted by Gasteiger charge is -2.40. The number of nitrogens with one attached hydrogen (secondary N) is 1. The van der Waals surface area contributed by atoms with Gasteiger partial charge < -0.3 is 10.2 Å². The topological polar surface area (TPSA) is 49.4 Å². The van der Waals surface area contributed by atoms with Gasteiger partial charge in [-0.2, -0.15) is 0 Å². The van der Waals surface area contributed by atoms with Crippen molar-refractivity contribution >= 4 is 11.8 Å². The van der Waals surface area contributed by atoms with Crippen LogP contribution in [0, 0.1) is 11.8 Å². The molecule has 4 heteroatoms. The van der Waals surface area contributed by atoms with E-state index in [-0.39, 0.29) is 23.8 Å². The second-order valence-electron chi connectivity index (χ2n) is 7.68. The van der Waals surface area contributed by atoms with Gasteiger partial charge in [-0.05, 0) is 38.5 Å². The zero-order chi connectivity index (χ0) is 16.1. The minimum absolute atomic E-state index is 0.0206. The molecule has 0 spiro atoms. The third-order valence-corrected chi connectivity index (χ3v) is 6.08. The lowest BCUT2D eigenvalue weighted by Crippen LogP contribution is -2.52. The van der Waals surface area contributed by atoms with Gasteiger partial charge in [0.15, 0.2) is 0 Å². The normalized spacial score (nSPS) is 31.1. The molecule has 2 atom stereocenters. The van der Waals surface area contributed by atoms with E-state index in [2.05, 4.69) is 10.2 Å². The van der Waals surface area contributed by atoms with Crippen molar-refractivity contribution in [3.63, 3.8) is 0 Å². The van der Waals surface area contributed by atoms with Crippen LogP contribution in [0.15, 0.2) is 0 Å². The fourth-order valence-corrected chi connectivity index (χ4v) is 4.74. The molecule has 0 aromatic carbocycles. The van der Waals surface area contributed by atoms with Gasteiger partial charge >= 0.3 is 0 Å². The maximum Gasteiger partial charge on any atom is 0.225 e. The summed E-state index contributed by atoms with van der Waals surface area (Å²) in [6.45, 7) is 1.67. The zero-order valence-electron chi connectivity index (χ0n) is 14.4. The number of hydrogen-bond acceptors (Lipinski definition) is 2. The van der Waals surface area contributed by atoms with Crippen LogP contribution in [0.3, 0.4) is 0 Å². The van der Waals surface area contributed by atoms with Crippen molar-refractivity contribution in [2.24, 2.45) is 11.8 Å². The van der Waals surface area contributed by atoms with Crippen LogP contribution in [-0.4, -0.2) is 35.8 Å². The summed E-state index contributed by atoms with van der Waals surface area (Å²) in [7, 11) is 0. The summed E-state index contributed by atoms with van der Waals surface area (Å²) in [6.07, 6.45) is 13.2. The van der Waals surface area contributed by atoms with Gasteiger partial charge in [0.2, 0.25) is 11.8 Å². The van der Waals surface area contributed by atoms with Gasteiger partial charge in [-0.1, -0.05) is 38.5 Å². The first-order chi connectivity index (χ1) is 11.3. The van der Waals surface area contributed by atoms with E-state index < -0.39 is 0 Å². The highest BCUT2D eigenvalue weighted by Crippen LogP contribution is 2.33. The molecule has 2 saturated carbocycles. The summed E-state index contributed by atoms with van der Waals surface area (Å²) in [6, 6.07) is 0.148. The van der Waals surface area contributed by atoms with E-state index in [9.17, 15) is 9.59 Å². The maximum absolute atomic E-state index is 13.1. The zero-order valence-corrected chi connectivity index (χ0v) is 14.4. The largest absolute Gasteiger partial charge is 0.356 e. The van der Waals surface area contributed by atoms with Crippen molar-refractivity contribution in [1.82, 2.24) is 10.2 Å². The maximum atomic E-state index is 13.1. The minimum Gasteiger partial charge on any atom is -0.356 e. The number of carbonyl (C=O) groups excluding carboxylic acids is 2. The molecule has 0 unspecified atom stereocenters. The summed E-state index contributed by atoms with van der Waals surface area (Å²) >= 11 is 0. The summed E-state index contributed by atoms with van der Waals surface area (Å²) < 4.78 is 0. The summed E-state index contributed by atoms with van der Waals surface area (Å²) in [4.78, 5) is 27.9. The van der Waals surface area contributed by atoms with Crippen LogP contribution in [0.1, 0.15) is 77.0 Å². The fraction of sp³-hybridized carbons (Fsp3) is 0.895. The molecule has 2 aliphatic carbocycles. The van der Waals surface area contributed by atoms with Crippen LogP contribution < -0.4 is 5.32 Å². The molecular weight excluding hydrogens is 288 g/mol. The molecule has 1 N–H and O–H groups in total. The molecule has 23 heavy (non-hydrogen) atoms. The third kappa shape index (κ3) is 4.07. The minimum atomic E-state index is 0.0206. The Bertz CT molecular complexity index is 418. The molecule has 3 fully saturated rings. The van der Waals surface area contributed by atoms with E-state index in [1.54, 1.807) is 0 Å². The molecule has 130 valence electrons.